The summed E-state index contributed by atoms with van der Waals surface area (Å²) < 4.78 is 0. The van der Waals surface area contributed by atoms with E-state index in [9.17, 15) is 4.79 Å². The van der Waals surface area contributed by atoms with E-state index in [-0.39, 0.29) is 11.2 Å². The van der Waals surface area contributed by atoms with Crippen LogP contribution in [-0.4, -0.2) is 16.9 Å². The van der Waals surface area contributed by atoms with Gasteiger partial charge in [0.2, 0.25) is 0 Å². The van der Waals surface area contributed by atoms with E-state index in [2.05, 4.69) is 24.4 Å². The first-order valence-electron chi connectivity index (χ1n) is 7.24. The summed E-state index contributed by atoms with van der Waals surface area (Å²) in [6.45, 7) is 6.16. The number of hydrogen-bond acceptors (Lipinski definition) is 3. The van der Waals surface area contributed by atoms with Crippen molar-refractivity contribution in [2.75, 3.05) is 0 Å². The van der Waals surface area contributed by atoms with Gasteiger partial charge in [0, 0.05) is 10.6 Å². The highest BCUT2D eigenvalue weighted by Crippen LogP contribution is 2.22. The average Bonchev–Trinajstić information content (AvgIpc) is 2.46. The molecule has 0 spiro atoms. The van der Waals surface area contributed by atoms with Crippen LogP contribution in [0.3, 0.4) is 0 Å². The Morgan fingerprint density at radius 2 is 1.80 bits per heavy atom. The number of rotatable bonds is 8. The summed E-state index contributed by atoms with van der Waals surface area (Å²) in [6.07, 6.45) is 4.02. The lowest BCUT2D eigenvalue weighted by Crippen LogP contribution is -2.27. The van der Waals surface area contributed by atoms with Gasteiger partial charge in [-0.25, -0.2) is 5.43 Å². The molecule has 1 rings (SSSR count). The molecule has 3 nitrogen and oxygen atoms in total. The van der Waals surface area contributed by atoms with E-state index < -0.39 is 0 Å². The molecule has 0 aromatic heterocycles. The van der Waals surface area contributed by atoms with Crippen LogP contribution >= 0.6 is 11.8 Å². The molecule has 0 aliphatic rings. The summed E-state index contributed by atoms with van der Waals surface area (Å²) in [7, 11) is 0. The minimum absolute atomic E-state index is 0.0384. The molecule has 0 saturated heterocycles. The molecule has 0 aliphatic heterocycles. The number of thioether (sulfide) groups is 1. The van der Waals surface area contributed by atoms with Gasteiger partial charge in [0.1, 0.15) is 0 Å². The number of amides is 1. The summed E-state index contributed by atoms with van der Waals surface area (Å²) in [5.74, 6) is -0.0384. The maximum atomic E-state index is 12.0. The summed E-state index contributed by atoms with van der Waals surface area (Å²) in [4.78, 5) is 13.1. The highest BCUT2D eigenvalue weighted by molar-refractivity contribution is 8.00. The molecule has 0 bridgehead atoms. The molecule has 0 fully saturated rings. The molecule has 0 saturated carbocycles. The van der Waals surface area contributed by atoms with Crippen LogP contribution in [0.15, 0.2) is 40.3 Å². The quantitative estimate of drug-likeness (QED) is 0.442. The molecule has 1 amide bonds. The van der Waals surface area contributed by atoms with Crippen LogP contribution in [0.4, 0.5) is 0 Å². The highest BCUT2D eigenvalue weighted by Gasteiger charge is 2.13. The normalized spacial score (nSPS) is 11.8. The van der Waals surface area contributed by atoms with Gasteiger partial charge in [-0.3, -0.25) is 4.79 Å². The Bertz CT molecular complexity index is 423. The standard InChI is InChI=1S/C16H24N2OS/c1-4-9-14(10-5-2)17-18-16(19)13(3)20-15-11-7-6-8-12-15/h6-8,11-13H,4-5,9-10H2,1-3H3,(H,18,19)/t13-/m1/s1. The lowest BCUT2D eigenvalue weighted by molar-refractivity contribution is -0.120. The molecule has 110 valence electrons. The number of carbonyl (C=O) groups is 1. The number of hydrazone groups is 1. The molecule has 1 N–H and O–H groups in total. The van der Waals surface area contributed by atoms with E-state index in [0.717, 1.165) is 36.3 Å². The van der Waals surface area contributed by atoms with Crippen molar-refractivity contribution in [3.63, 3.8) is 0 Å². The maximum Gasteiger partial charge on any atom is 0.253 e. The Morgan fingerprint density at radius 3 is 2.35 bits per heavy atom. The molecule has 0 radical (unpaired) electrons. The van der Waals surface area contributed by atoms with Crippen molar-refractivity contribution in [1.29, 1.82) is 0 Å². The summed E-state index contributed by atoms with van der Waals surface area (Å²) >= 11 is 1.55. The van der Waals surface area contributed by atoms with Crippen LogP contribution < -0.4 is 5.43 Å². The fraction of sp³-hybridized carbons (Fsp3) is 0.500. The lowest BCUT2D eigenvalue weighted by Gasteiger charge is -2.10. The van der Waals surface area contributed by atoms with Gasteiger partial charge >= 0.3 is 0 Å². The zero-order valence-electron chi connectivity index (χ0n) is 12.6. The average molecular weight is 292 g/mol. The van der Waals surface area contributed by atoms with Gasteiger partial charge in [-0.05, 0) is 31.9 Å². The monoisotopic (exact) mass is 292 g/mol. The lowest BCUT2D eigenvalue weighted by atomic mass is 10.1. The van der Waals surface area contributed by atoms with Gasteiger partial charge in [0.15, 0.2) is 0 Å². The molecule has 1 aromatic rings. The second-order valence-electron chi connectivity index (χ2n) is 4.73. The number of benzene rings is 1. The molecule has 1 aromatic carbocycles. The third-order valence-corrected chi connectivity index (χ3v) is 3.94. The minimum atomic E-state index is -0.148. The van der Waals surface area contributed by atoms with E-state index in [1.165, 1.54) is 0 Å². The zero-order valence-corrected chi connectivity index (χ0v) is 13.4. The van der Waals surface area contributed by atoms with Crippen LogP contribution in [0.2, 0.25) is 0 Å². The maximum absolute atomic E-state index is 12.0. The van der Waals surface area contributed by atoms with Gasteiger partial charge in [-0.2, -0.15) is 5.10 Å². The molecule has 4 heteroatoms. The van der Waals surface area contributed by atoms with Crippen LogP contribution in [0.25, 0.3) is 0 Å². The Kier molecular flexibility index (Phi) is 8.04. The van der Waals surface area contributed by atoms with E-state index >= 15 is 0 Å². The second kappa shape index (κ2) is 9.59. The first-order valence-corrected chi connectivity index (χ1v) is 8.12. The first-order chi connectivity index (χ1) is 9.67. The van der Waals surface area contributed by atoms with Crippen molar-refractivity contribution < 1.29 is 4.79 Å². The van der Waals surface area contributed by atoms with Crippen molar-refractivity contribution >= 4 is 23.4 Å². The predicted molar refractivity (Wildman–Crippen MR) is 87.2 cm³/mol. The van der Waals surface area contributed by atoms with Gasteiger partial charge < -0.3 is 0 Å². The molecule has 0 aliphatic carbocycles. The van der Waals surface area contributed by atoms with Crippen molar-refractivity contribution in [3.8, 4) is 0 Å². The molecule has 0 heterocycles. The Balaban J connectivity index is 2.50. The molecule has 0 unspecified atom stereocenters. The van der Waals surface area contributed by atoms with Gasteiger partial charge in [-0.15, -0.1) is 11.8 Å². The van der Waals surface area contributed by atoms with Gasteiger partial charge in [0.05, 0.1) is 5.25 Å². The van der Waals surface area contributed by atoms with Crippen molar-refractivity contribution in [3.05, 3.63) is 30.3 Å². The van der Waals surface area contributed by atoms with Gasteiger partial charge in [0.25, 0.3) is 5.91 Å². The first kappa shape index (κ1) is 16.8. The minimum Gasteiger partial charge on any atom is -0.272 e. The van der Waals surface area contributed by atoms with Crippen molar-refractivity contribution in [2.45, 2.75) is 56.6 Å². The fourth-order valence-corrected chi connectivity index (χ4v) is 2.68. The predicted octanol–water partition coefficient (Wildman–Crippen LogP) is 4.24. The van der Waals surface area contributed by atoms with Crippen LogP contribution in [-0.2, 0) is 4.79 Å². The number of carbonyl (C=O) groups excluding carboxylic acids is 1. The van der Waals surface area contributed by atoms with Crippen LogP contribution in [0.1, 0.15) is 46.5 Å². The Hall–Kier alpha value is -1.29. The SMILES string of the molecule is CCCC(CCC)=NNC(=O)[C@@H](C)Sc1ccccc1. The molecular formula is C16H24N2OS. The van der Waals surface area contributed by atoms with E-state index in [1.54, 1.807) is 11.8 Å². The van der Waals surface area contributed by atoms with E-state index in [0.29, 0.717) is 0 Å². The smallest absolute Gasteiger partial charge is 0.253 e. The third-order valence-electron chi connectivity index (χ3n) is 2.83. The Morgan fingerprint density at radius 1 is 1.20 bits per heavy atom. The largest absolute Gasteiger partial charge is 0.272 e. The van der Waals surface area contributed by atoms with Crippen molar-refractivity contribution in [2.24, 2.45) is 5.10 Å². The fourth-order valence-electron chi connectivity index (χ4n) is 1.80. The van der Waals surface area contributed by atoms with Crippen molar-refractivity contribution in [1.82, 2.24) is 5.43 Å². The third kappa shape index (κ3) is 6.24. The summed E-state index contributed by atoms with van der Waals surface area (Å²) in [5, 5.41) is 4.12. The molecule has 20 heavy (non-hydrogen) atoms. The van der Waals surface area contributed by atoms with Crippen LogP contribution in [0, 0.1) is 0 Å². The topological polar surface area (TPSA) is 41.5 Å². The summed E-state index contributed by atoms with van der Waals surface area (Å²) in [5.41, 5.74) is 3.78. The molecular weight excluding hydrogens is 268 g/mol. The molecule has 1 atom stereocenters. The number of hydrogen-bond donors (Lipinski definition) is 1. The Labute approximate surface area is 126 Å². The number of nitrogens with zero attached hydrogens (tertiary/aromatic N) is 1. The van der Waals surface area contributed by atoms with Crippen LogP contribution in [0.5, 0.6) is 0 Å². The second-order valence-corrected chi connectivity index (χ2v) is 6.14. The zero-order chi connectivity index (χ0) is 14.8. The van der Waals surface area contributed by atoms with Gasteiger partial charge in [-0.1, -0.05) is 44.9 Å². The highest BCUT2D eigenvalue weighted by atomic mass is 32.2. The van der Waals surface area contributed by atoms with E-state index in [4.69, 9.17) is 0 Å². The van der Waals surface area contributed by atoms with E-state index in [1.807, 2.05) is 37.3 Å². The number of nitrogens with one attached hydrogen (secondary N) is 1. The summed E-state index contributed by atoms with van der Waals surface area (Å²) in [6, 6.07) is 9.95.